The van der Waals surface area contributed by atoms with Gasteiger partial charge < -0.3 is 15.0 Å². The first kappa shape index (κ1) is 11.4. The number of rotatable bonds is 2. The lowest BCUT2D eigenvalue weighted by atomic mass is 9.97. The fourth-order valence-electron chi connectivity index (χ4n) is 2.39. The molecule has 0 aromatic rings. The van der Waals surface area contributed by atoms with Crippen LogP contribution in [0.15, 0.2) is 0 Å². The predicted octanol–water partition coefficient (Wildman–Crippen LogP) is -0.240. The van der Waals surface area contributed by atoms with Crippen LogP contribution in [0.4, 0.5) is 0 Å². The van der Waals surface area contributed by atoms with Crippen LogP contribution in [0.3, 0.4) is 0 Å². The zero-order valence-electron chi connectivity index (χ0n) is 9.57. The Morgan fingerprint density at radius 1 is 1.62 bits per heavy atom. The molecule has 2 atom stereocenters. The molecule has 2 amide bonds. The van der Waals surface area contributed by atoms with Gasteiger partial charge in [0.25, 0.3) is 0 Å². The quantitative estimate of drug-likeness (QED) is 0.707. The molecule has 5 nitrogen and oxygen atoms in total. The summed E-state index contributed by atoms with van der Waals surface area (Å²) in [5.41, 5.74) is 0. The van der Waals surface area contributed by atoms with Crippen molar-refractivity contribution in [2.24, 2.45) is 5.92 Å². The van der Waals surface area contributed by atoms with Gasteiger partial charge in [0.2, 0.25) is 11.8 Å². The Hall–Kier alpha value is -1.10. The number of nitrogens with zero attached hydrogens (tertiary/aromatic N) is 1. The number of amides is 2. The van der Waals surface area contributed by atoms with E-state index in [1.165, 1.54) is 0 Å². The van der Waals surface area contributed by atoms with Crippen LogP contribution in [0.5, 0.6) is 0 Å². The highest BCUT2D eigenvalue weighted by molar-refractivity contribution is 5.87. The topological polar surface area (TPSA) is 58.6 Å². The van der Waals surface area contributed by atoms with Crippen LogP contribution >= 0.6 is 0 Å². The van der Waals surface area contributed by atoms with Crippen LogP contribution in [0.1, 0.15) is 19.8 Å². The molecule has 2 saturated heterocycles. The van der Waals surface area contributed by atoms with Crippen molar-refractivity contribution in [3.05, 3.63) is 0 Å². The number of nitrogens with one attached hydrogen (secondary N) is 1. The second kappa shape index (κ2) is 4.82. The average Bonchev–Trinajstić information content (AvgIpc) is 2.76. The van der Waals surface area contributed by atoms with Gasteiger partial charge in [-0.15, -0.1) is 0 Å². The minimum Gasteiger partial charge on any atom is -0.377 e. The van der Waals surface area contributed by atoms with Gasteiger partial charge in [0.15, 0.2) is 0 Å². The number of piperazine rings is 1. The SMILES string of the molecule is CCC1OCCC1C(=O)N1CCNC(=O)C1. The van der Waals surface area contributed by atoms with Gasteiger partial charge >= 0.3 is 0 Å². The third-order valence-corrected chi connectivity index (χ3v) is 3.28. The summed E-state index contributed by atoms with van der Waals surface area (Å²) >= 11 is 0. The Bertz CT molecular complexity index is 293. The molecule has 5 heteroatoms. The Morgan fingerprint density at radius 2 is 2.44 bits per heavy atom. The van der Waals surface area contributed by atoms with Crippen LogP contribution in [-0.2, 0) is 14.3 Å². The molecule has 2 aliphatic rings. The zero-order chi connectivity index (χ0) is 11.5. The molecular weight excluding hydrogens is 208 g/mol. The zero-order valence-corrected chi connectivity index (χ0v) is 9.57. The second-order valence-electron chi connectivity index (χ2n) is 4.32. The lowest BCUT2D eigenvalue weighted by Crippen LogP contribution is -2.52. The van der Waals surface area contributed by atoms with Gasteiger partial charge in [-0.1, -0.05) is 6.92 Å². The summed E-state index contributed by atoms with van der Waals surface area (Å²) in [7, 11) is 0. The van der Waals surface area contributed by atoms with E-state index in [0.717, 1.165) is 12.8 Å². The third-order valence-electron chi connectivity index (χ3n) is 3.28. The first-order chi connectivity index (χ1) is 7.72. The van der Waals surface area contributed by atoms with E-state index in [2.05, 4.69) is 5.32 Å². The van der Waals surface area contributed by atoms with E-state index in [1.807, 2.05) is 6.92 Å². The summed E-state index contributed by atoms with van der Waals surface area (Å²) in [5, 5.41) is 2.72. The van der Waals surface area contributed by atoms with Gasteiger partial charge in [0.1, 0.15) is 0 Å². The van der Waals surface area contributed by atoms with Gasteiger partial charge in [0, 0.05) is 19.7 Å². The van der Waals surface area contributed by atoms with E-state index in [-0.39, 0.29) is 30.4 Å². The van der Waals surface area contributed by atoms with Crippen LogP contribution in [0, 0.1) is 5.92 Å². The monoisotopic (exact) mass is 226 g/mol. The van der Waals surface area contributed by atoms with Crippen molar-refractivity contribution < 1.29 is 14.3 Å². The number of hydrogen-bond acceptors (Lipinski definition) is 3. The Morgan fingerprint density at radius 3 is 3.12 bits per heavy atom. The van der Waals surface area contributed by atoms with Crippen LogP contribution in [-0.4, -0.2) is 49.1 Å². The molecule has 2 unspecified atom stereocenters. The highest BCUT2D eigenvalue weighted by Crippen LogP contribution is 2.25. The molecule has 90 valence electrons. The van der Waals surface area contributed by atoms with E-state index in [1.54, 1.807) is 4.90 Å². The van der Waals surface area contributed by atoms with E-state index in [9.17, 15) is 9.59 Å². The predicted molar refractivity (Wildman–Crippen MR) is 57.7 cm³/mol. The van der Waals surface area contributed by atoms with Gasteiger partial charge in [0.05, 0.1) is 18.6 Å². The standard InChI is InChI=1S/C11H18N2O3/c1-2-9-8(3-6-16-9)11(15)13-5-4-12-10(14)7-13/h8-9H,2-7H2,1H3,(H,12,14). The number of carbonyl (C=O) groups is 2. The molecule has 0 bridgehead atoms. The van der Waals surface area contributed by atoms with Crippen molar-refractivity contribution >= 4 is 11.8 Å². The van der Waals surface area contributed by atoms with Gasteiger partial charge in [-0.05, 0) is 12.8 Å². The first-order valence-electron chi connectivity index (χ1n) is 5.89. The van der Waals surface area contributed by atoms with Crippen LogP contribution < -0.4 is 5.32 Å². The molecular formula is C11H18N2O3. The summed E-state index contributed by atoms with van der Waals surface area (Å²) < 4.78 is 5.51. The van der Waals surface area contributed by atoms with Crippen LogP contribution in [0.25, 0.3) is 0 Å². The summed E-state index contributed by atoms with van der Waals surface area (Å²) in [6.07, 6.45) is 1.68. The highest BCUT2D eigenvalue weighted by atomic mass is 16.5. The average molecular weight is 226 g/mol. The van der Waals surface area contributed by atoms with Crippen LogP contribution in [0.2, 0.25) is 0 Å². The van der Waals surface area contributed by atoms with Gasteiger partial charge in [-0.25, -0.2) is 0 Å². The Kier molecular flexibility index (Phi) is 3.43. The molecule has 0 aromatic carbocycles. The number of hydrogen-bond donors (Lipinski definition) is 1. The lowest BCUT2D eigenvalue weighted by Gasteiger charge is -2.30. The fraction of sp³-hybridized carbons (Fsp3) is 0.818. The summed E-state index contributed by atoms with van der Waals surface area (Å²) in [6, 6.07) is 0. The Labute approximate surface area is 95.1 Å². The van der Waals surface area contributed by atoms with Crippen molar-refractivity contribution in [2.45, 2.75) is 25.9 Å². The van der Waals surface area contributed by atoms with E-state index >= 15 is 0 Å². The maximum Gasteiger partial charge on any atom is 0.239 e. The number of carbonyl (C=O) groups excluding carboxylic acids is 2. The number of ether oxygens (including phenoxy) is 1. The van der Waals surface area contributed by atoms with Crippen molar-refractivity contribution in [3.8, 4) is 0 Å². The van der Waals surface area contributed by atoms with Gasteiger partial charge in [-0.3, -0.25) is 9.59 Å². The molecule has 2 heterocycles. The minimum atomic E-state index is -0.0634. The summed E-state index contributed by atoms with van der Waals surface area (Å²) in [4.78, 5) is 25.0. The molecule has 2 aliphatic heterocycles. The summed E-state index contributed by atoms with van der Waals surface area (Å²) in [5.74, 6) is -0.0262. The first-order valence-corrected chi connectivity index (χ1v) is 5.89. The lowest BCUT2D eigenvalue weighted by molar-refractivity contribution is -0.142. The maximum absolute atomic E-state index is 12.2. The minimum absolute atomic E-state index is 0.0393. The third kappa shape index (κ3) is 2.19. The largest absolute Gasteiger partial charge is 0.377 e. The van der Waals surface area contributed by atoms with Crippen molar-refractivity contribution in [1.29, 1.82) is 0 Å². The van der Waals surface area contributed by atoms with E-state index in [4.69, 9.17) is 4.74 Å². The molecule has 0 saturated carbocycles. The van der Waals surface area contributed by atoms with Crippen molar-refractivity contribution in [2.75, 3.05) is 26.2 Å². The Balaban J connectivity index is 1.98. The smallest absolute Gasteiger partial charge is 0.239 e. The molecule has 0 aliphatic carbocycles. The van der Waals surface area contributed by atoms with Crippen molar-refractivity contribution in [1.82, 2.24) is 10.2 Å². The van der Waals surface area contributed by atoms with E-state index < -0.39 is 0 Å². The highest BCUT2D eigenvalue weighted by Gasteiger charge is 2.36. The van der Waals surface area contributed by atoms with Gasteiger partial charge in [-0.2, -0.15) is 0 Å². The molecule has 2 rings (SSSR count). The van der Waals surface area contributed by atoms with E-state index in [0.29, 0.717) is 19.7 Å². The molecule has 0 radical (unpaired) electrons. The summed E-state index contributed by atoms with van der Waals surface area (Å²) in [6.45, 7) is 4.08. The molecule has 2 fully saturated rings. The molecule has 16 heavy (non-hydrogen) atoms. The molecule has 0 aromatic heterocycles. The maximum atomic E-state index is 12.2. The normalized spacial score (nSPS) is 30.3. The second-order valence-corrected chi connectivity index (χ2v) is 4.32. The molecule has 1 N–H and O–H groups in total. The van der Waals surface area contributed by atoms with Crippen molar-refractivity contribution in [3.63, 3.8) is 0 Å². The molecule has 0 spiro atoms. The fourth-order valence-corrected chi connectivity index (χ4v) is 2.39.